The van der Waals surface area contributed by atoms with Crippen molar-refractivity contribution in [2.75, 3.05) is 13.2 Å². The minimum Gasteiger partial charge on any atom is -0.480 e. The Balaban J connectivity index is 2.83. The molecular weight excluding hydrogens is 412 g/mol. The first-order valence-corrected chi connectivity index (χ1v) is 9.67. The molecule has 4 unspecified atom stereocenters. The first-order chi connectivity index (χ1) is 14.6. The molecule has 9 N–H and O–H groups in total. The zero-order valence-electron chi connectivity index (χ0n) is 17.4. The maximum absolute atomic E-state index is 12.6. The average Bonchev–Trinajstić information content (AvgIpc) is 3.22. The number of hydrogen-bond acceptors (Lipinski definition) is 8. The van der Waals surface area contributed by atoms with Crippen LogP contribution in [0.25, 0.3) is 0 Å². The van der Waals surface area contributed by atoms with Gasteiger partial charge in [0.2, 0.25) is 17.7 Å². The second kappa shape index (κ2) is 12.6. The number of aliphatic hydroxyl groups is 2. The number of aliphatic hydroxyl groups excluding tert-OH is 2. The molecule has 0 fully saturated rings. The van der Waals surface area contributed by atoms with Crippen molar-refractivity contribution in [2.24, 2.45) is 11.7 Å². The summed E-state index contributed by atoms with van der Waals surface area (Å²) in [7, 11) is 0. The molecule has 0 aromatic carbocycles. The molecule has 174 valence electrons. The smallest absolute Gasteiger partial charge is 0.326 e. The summed E-state index contributed by atoms with van der Waals surface area (Å²) in [5.74, 6) is -3.76. The van der Waals surface area contributed by atoms with E-state index in [0.29, 0.717) is 5.69 Å². The van der Waals surface area contributed by atoms with Crippen molar-refractivity contribution in [3.05, 3.63) is 18.2 Å². The molecule has 1 rings (SSSR count). The molecule has 0 aliphatic heterocycles. The molecule has 13 nitrogen and oxygen atoms in total. The summed E-state index contributed by atoms with van der Waals surface area (Å²) in [4.78, 5) is 55.0. The lowest BCUT2D eigenvalue weighted by Gasteiger charge is -2.25. The molecule has 3 amide bonds. The summed E-state index contributed by atoms with van der Waals surface area (Å²) in [6.45, 7) is 2.20. The van der Waals surface area contributed by atoms with Crippen molar-refractivity contribution in [3.63, 3.8) is 0 Å². The molecule has 0 aliphatic carbocycles. The number of aromatic amines is 1. The summed E-state index contributed by atoms with van der Waals surface area (Å²) in [5, 5.41) is 34.8. The first kappa shape index (κ1) is 26.0. The Morgan fingerprint density at radius 2 is 1.58 bits per heavy atom. The van der Waals surface area contributed by atoms with Crippen LogP contribution in [0.2, 0.25) is 0 Å². The van der Waals surface area contributed by atoms with E-state index in [4.69, 9.17) is 10.8 Å². The monoisotopic (exact) mass is 442 g/mol. The van der Waals surface area contributed by atoms with Gasteiger partial charge < -0.3 is 42.0 Å². The fourth-order valence-corrected chi connectivity index (χ4v) is 2.62. The van der Waals surface area contributed by atoms with Crippen molar-refractivity contribution in [1.29, 1.82) is 0 Å². The Labute approximate surface area is 178 Å². The van der Waals surface area contributed by atoms with E-state index in [0.717, 1.165) is 0 Å². The number of amides is 3. The van der Waals surface area contributed by atoms with Gasteiger partial charge in [-0.1, -0.05) is 13.8 Å². The number of carbonyl (C=O) groups is 4. The quantitative estimate of drug-likeness (QED) is 0.154. The van der Waals surface area contributed by atoms with Gasteiger partial charge in [-0.15, -0.1) is 0 Å². The normalized spacial score (nSPS) is 14.9. The van der Waals surface area contributed by atoms with Crippen LogP contribution in [-0.4, -0.2) is 86.4 Å². The standard InChI is InChI=1S/C18H30N6O7/c1-9(2)3-12(22-15(27)11(19)6-25)16(28)24-14(7-26)17(29)23-13(18(30)31)4-10-5-20-8-21-10/h5,8-9,11-14,25-26H,3-4,6-7,19H2,1-2H3,(H,20,21)(H,22,27)(H,23,29)(H,24,28)(H,30,31). The molecule has 0 spiro atoms. The third kappa shape index (κ3) is 8.70. The van der Waals surface area contributed by atoms with Gasteiger partial charge >= 0.3 is 5.97 Å². The molecule has 0 aliphatic rings. The Kier molecular flexibility index (Phi) is 10.6. The van der Waals surface area contributed by atoms with E-state index < -0.39 is 61.1 Å². The number of H-pyrrole nitrogens is 1. The number of carboxylic acids is 1. The number of nitrogens with two attached hydrogens (primary N) is 1. The lowest BCUT2D eigenvalue weighted by molar-refractivity contribution is -0.142. The van der Waals surface area contributed by atoms with E-state index in [9.17, 15) is 29.4 Å². The largest absolute Gasteiger partial charge is 0.480 e. The van der Waals surface area contributed by atoms with Crippen molar-refractivity contribution in [2.45, 2.75) is 50.9 Å². The van der Waals surface area contributed by atoms with Gasteiger partial charge in [-0.2, -0.15) is 0 Å². The molecule has 1 aromatic heterocycles. The third-order valence-corrected chi connectivity index (χ3v) is 4.28. The highest BCUT2D eigenvalue weighted by Gasteiger charge is 2.30. The molecule has 0 radical (unpaired) electrons. The molecule has 0 saturated carbocycles. The fourth-order valence-electron chi connectivity index (χ4n) is 2.62. The third-order valence-electron chi connectivity index (χ3n) is 4.28. The number of nitrogens with one attached hydrogen (secondary N) is 4. The van der Waals surface area contributed by atoms with Crippen LogP contribution in [-0.2, 0) is 25.6 Å². The van der Waals surface area contributed by atoms with Crippen molar-refractivity contribution in [1.82, 2.24) is 25.9 Å². The van der Waals surface area contributed by atoms with Crippen LogP contribution in [0.5, 0.6) is 0 Å². The predicted molar refractivity (Wildman–Crippen MR) is 107 cm³/mol. The lowest BCUT2D eigenvalue weighted by atomic mass is 10.0. The van der Waals surface area contributed by atoms with E-state index >= 15 is 0 Å². The van der Waals surface area contributed by atoms with Gasteiger partial charge in [0.05, 0.1) is 19.5 Å². The van der Waals surface area contributed by atoms with Crippen LogP contribution in [0.15, 0.2) is 12.5 Å². The van der Waals surface area contributed by atoms with Crippen LogP contribution < -0.4 is 21.7 Å². The van der Waals surface area contributed by atoms with Crippen molar-refractivity contribution >= 4 is 23.7 Å². The molecule has 0 saturated heterocycles. The summed E-state index contributed by atoms with van der Waals surface area (Å²) < 4.78 is 0. The van der Waals surface area contributed by atoms with E-state index in [1.54, 1.807) is 0 Å². The number of rotatable bonds is 13. The molecule has 0 bridgehead atoms. The van der Waals surface area contributed by atoms with Gasteiger partial charge in [-0.3, -0.25) is 14.4 Å². The topological polar surface area (TPSA) is 220 Å². The van der Waals surface area contributed by atoms with Gasteiger partial charge in [-0.25, -0.2) is 9.78 Å². The Morgan fingerprint density at radius 1 is 1.00 bits per heavy atom. The zero-order chi connectivity index (χ0) is 23.6. The number of imidazole rings is 1. The predicted octanol–water partition coefficient (Wildman–Crippen LogP) is -3.15. The minimum absolute atomic E-state index is 0.0198. The SMILES string of the molecule is CC(C)CC(NC(=O)C(N)CO)C(=O)NC(CO)C(=O)NC(Cc1cnc[nH]1)C(=O)O. The van der Waals surface area contributed by atoms with Gasteiger partial charge in [0, 0.05) is 18.3 Å². The Bertz CT molecular complexity index is 740. The van der Waals surface area contributed by atoms with E-state index in [1.807, 2.05) is 13.8 Å². The number of hydrogen-bond donors (Lipinski definition) is 8. The van der Waals surface area contributed by atoms with Gasteiger partial charge in [0.15, 0.2) is 0 Å². The number of aliphatic carboxylic acids is 1. The van der Waals surface area contributed by atoms with Crippen molar-refractivity contribution in [3.8, 4) is 0 Å². The highest BCUT2D eigenvalue weighted by Crippen LogP contribution is 2.06. The van der Waals surface area contributed by atoms with Gasteiger partial charge in [0.1, 0.15) is 24.2 Å². The average molecular weight is 442 g/mol. The van der Waals surface area contributed by atoms with Crippen LogP contribution in [0.3, 0.4) is 0 Å². The van der Waals surface area contributed by atoms with Crippen LogP contribution in [0.4, 0.5) is 0 Å². The summed E-state index contributed by atoms with van der Waals surface area (Å²) in [5.41, 5.74) is 5.92. The zero-order valence-corrected chi connectivity index (χ0v) is 17.4. The van der Waals surface area contributed by atoms with Gasteiger partial charge in [0.25, 0.3) is 0 Å². The minimum atomic E-state index is -1.45. The van der Waals surface area contributed by atoms with E-state index in [1.165, 1.54) is 12.5 Å². The maximum Gasteiger partial charge on any atom is 0.326 e. The molecular formula is C18H30N6O7. The van der Waals surface area contributed by atoms with Crippen LogP contribution in [0, 0.1) is 5.92 Å². The second-order valence-corrected chi connectivity index (χ2v) is 7.40. The van der Waals surface area contributed by atoms with Crippen LogP contribution in [0.1, 0.15) is 26.0 Å². The highest BCUT2D eigenvalue weighted by molar-refractivity contribution is 5.94. The Hall–Kier alpha value is -3.03. The lowest BCUT2D eigenvalue weighted by Crippen LogP contribution is -2.58. The number of carbonyl (C=O) groups excluding carboxylic acids is 3. The molecule has 4 atom stereocenters. The number of aromatic nitrogens is 2. The molecule has 13 heteroatoms. The number of nitrogens with zero attached hydrogens (tertiary/aromatic N) is 1. The maximum atomic E-state index is 12.6. The van der Waals surface area contributed by atoms with E-state index in [2.05, 4.69) is 25.9 Å². The van der Waals surface area contributed by atoms with Crippen molar-refractivity contribution < 1.29 is 34.5 Å². The second-order valence-electron chi connectivity index (χ2n) is 7.40. The molecule has 1 aromatic rings. The summed E-state index contributed by atoms with van der Waals surface area (Å²) in [6, 6.07) is -5.08. The highest BCUT2D eigenvalue weighted by atomic mass is 16.4. The van der Waals surface area contributed by atoms with Gasteiger partial charge in [-0.05, 0) is 12.3 Å². The molecule has 31 heavy (non-hydrogen) atoms. The summed E-state index contributed by atoms with van der Waals surface area (Å²) >= 11 is 0. The first-order valence-electron chi connectivity index (χ1n) is 9.67. The molecule has 1 heterocycles. The van der Waals surface area contributed by atoms with Crippen LogP contribution >= 0.6 is 0 Å². The summed E-state index contributed by atoms with van der Waals surface area (Å²) in [6.07, 6.45) is 2.88. The fraction of sp³-hybridized carbons (Fsp3) is 0.611. The van der Waals surface area contributed by atoms with E-state index in [-0.39, 0.29) is 18.8 Å². The number of carboxylic acid groups (broad SMARTS) is 1. The Morgan fingerprint density at radius 3 is 2.06 bits per heavy atom.